The summed E-state index contributed by atoms with van der Waals surface area (Å²) in [6, 6.07) is 14.5. The number of esters is 1. The Bertz CT molecular complexity index is 808. The molecule has 1 N–H and O–H groups in total. The van der Waals surface area contributed by atoms with Crippen LogP contribution in [0.2, 0.25) is 5.02 Å². The molecule has 0 aliphatic rings. The molecule has 0 fully saturated rings. The van der Waals surface area contributed by atoms with E-state index in [4.69, 9.17) is 21.1 Å². The maximum absolute atomic E-state index is 11.7. The van der Waals surface area contributed by atoms with Gasteiger partial charge in [-0.05, 0) is 55.5 Å². The molecule has 0 bridgehead atoms. The summed E-state index contributed by atoms with van der Waals surface area (Å²) in [6.07, 6.45) is 0. The quantitative estimate of drug-likeness (QED) is 0.704. The first kappa shape index (κ1) is 14.5. The van der Waals surface area contributed by atoms with Crippen LogP contribution in [0.15, 0.2) is 48.5 Å². The minimum absolute atomic E-state index is 0.346. The average Bonchev–Trinajstić information content (AvgIpc) is 2.93. The molecular weight excluding hydrogens is 302 g/mol. The molecule has 0 saturated heterocycles. The predicted octanol–water partition coefficient (Wildman–Crippen LogP) is 4.79. The molecule has 3 rings (SSSR count). The van der Waals surface area contributed by atoms with Crippen molar-refractivity contribution >= 4 is 28.5 Å². The highest BCUT2D eigenvalue weighted by atomic mass is 35.5. The highest BCUT2D eigenvalue weighted by Gasteiger charge is 2.10. The lowest BCUT2D eigenvalue weighted by Crippen LogP contribution is -2.04. The van der Waals surface area contributed by atoms with Crippen LogP contribution < -0.4 is 4.74 Å². The SMILES string of the molecule is CCOC(=O)c1cc2cc(Oc3ccc(Cl)cc3)ccc2[nH]1. The van der Waals surface area contributed by atoms with Crippen molar-refractivity contribution < 1.29 is 14.3 Å². The summed E-state index contributed by atoms with van der Waals surface area (Å²) in [5.74, 6) is 1.02. The van der Waals surface area contributed by atoms with E-state index in [-0.39, 0.29) is 5.97 Å². The summed E-state index contributed by atoms with van der Waals surface area (Å²) in [5, 5.41) is 1.54. The van der Waals surface area contributed by atoms with Crippen molar-refractivity contribution in [2.75, 3.05) is 6.61 Å². The van der Waals surface area contributed by atoms with Crippen molar-refractivity contribution in [3.8, 4) is 11.5 Å². The molecule has 112 valence electrons. The van der Waals surface area contributed by atoms with E-state index in [2.05, 4.69) is 4.98 Å². The molecule has 0 amide bonds. The lowest BCUT2D eigenvalue weighted by molar-refractivity contribution is 0.0520. The fourth-order valence-corrected chi connectivity index (χ4v) is 2.26. The van der Waals surface area contributed by atoms with Gasteiger partial charge in [0.2, 0.25) is 0 Å². The Kier molecular flexibility index (Phi) is 4.02. The predicted molar refractivity (Wildman–Crippen MR) is 85.8 cm³/mol. The number of aromatic nitrogens is 1. The fraction of sp³-hybridized carbons (Fsp3) is 0.118. The highest BCUT2D eigenvalue weighted by Crippen LogP contribution is 2.27. The van der Waals surface area contributed by atoms with E-state index in [1.807, 2.05) is 18.2 Å². The summed E-state index contributed by atoms with van der Waals surface area (Å²) in [5.41, 5.74) is 1.28. The molecule has 0 unspecified atom stereocenters. The Balaban J connectivity index is 1.86. The van der Waals surface area contributed by atoms with Crippen molar-refractivity contribution in [2.45, 2.75) is 6.92 Å². The summed E-state index contributed by atoms with van der Waals surface area (Å²) >= 11 is 5.85. The standard InChI is InChI=1S/C17H14ClNO3/c1-2-21-17(20)16-10-11-9-14(7-8-15(11)19-16)22-13-5-3-12(18)4-6-13/h3-10,19H,2H2,1H3. The van der Waals surface area contributed by atoms with Gasteiger partial charge < -0.3 is 14.5 Å². The monoisotopic (exact) mass is 315 g/mol. The topological polar surface area (TPSA) is 51.3 Å². The van der Waals surface area contributed by atoms with Crippen LogP contribution in [0.1, 0.15) is 17.4 Å². The van der Waals surface area contributed by atoms with E-state index in [0.29, 0.717) is 28.8 Å². The zero-order valence-electron chi connectivity index (χ0n) is 11.9. The van der Waals surface area contributed by atoms with Crippen molar-refractivity contribution in [1.29, 1.82) is 0 Å². The third-order valence-corrected chi connectivity index (χ3v) is 3.39. The lowest BCUT2D eigenvalue weighted by atomic mass is 10.2. The van der Waals surface area contributed by atoms with E-state index in [9.17, 15) is 4.79 Å². The highest BCUT2D eigenvalue weighted by molar-refractivity contribution is 6.30. The van der Waals surface area contributed by atoms with Crippen LogP contribution in [0.3, 0.4) is 0 Å². The van der Waals surface area contributed by atoms with E-state index in [1.54, 1.807) is 37.3 Å². The Morgan fingerprint density at radius 1 is 1.09 bits per heavy atom. The van der Waals surface area contributed by atoms with Gasteiger partial charge in [0.25, 0.3) is 0 Å². The number of fused-ring (bicyclic) bond motifs is 1. The number of hydrogen-bond acceptors (Lipinski definition) is 3. The maximum Gasteiger partial charge on any atom is 0.354 e. The molecule has 22 heavy (non-hydrogen) atoms. The van der Waals surface area contributed by atoms with Crippen LogP contribution in [0.25, 0.3) is 10.9 Å². The summed E-state index contributed by atoms with van der Waals surface area (Å²) in [6.45, 7) is 2.12. The molecule has 4 nitrogen and oxygen atoms in total. The number of H-pyrrole nitrogens is 1. The minimum Gasteiger partial charge on any atom is -0.461 e. The van der Waals surface area contributed by atoms with Gasteiger partial charge in [-0.2, -0.15) is 0 Å². The second-order valence-electron chi connectivity index (χ2n) is 4.71. The van der Waals surface area contributed by atoms with Crippen LogP contribution >= 0.6 is 11.6 Å². The normalized spacial score (nSPS) is 10.6. The van der Waals surface area contributed by atoms with Crippen LogP contribution in [0, 0.1) is 0 Å². The zero-order valence-corrected chi connectivity index (χ0v) is 12.7. The van der Waals surface area contributed by atoms with E-state index >= 15 is 0 Å². The Morgan fingerprint density at radius 3 is 2.55 bits per heavy atom. The number of nitrogens with one attached hydrogen (secondary N) is 1. The number of carbonyl (C=O) groups excluding carboxylic acids is 1. The van der Waals surface area contributed by atoms with Gasteiger partial charge in [-0.3, -0.25) is 0 Å². The zero-order chi connectivity index (χ0) is 15.5. The second kappa shape index (κ2) is 6.12. The largest absolute Gasteiger partial charge is 0.461 e. The second-order valence-corrected chi connectivity index (χ2v) is 5.14. The van der Waals surface area contributed by atoms with E-state index in [1.165, 1.54) is 0 Å². The molecule has 0 radical (unpaired) electrons. The molecule has 2 aromatic carbocycles. The molecule has 0 atom stereocenters. The molecule has 3 aromatic rings. The molecule has 0 aliphatic carbocycles. The molecule has 0 aliphatic heterocycles. The lowest BCUT2D eigenvalue weighted by Gasteiger charge is -2.05. The minimum atomic E-state index is -0.362. The summed E-state index contributed by atoms with van der Waals surface area (Å²) < 4.78 is 10.8. The number of aromatic amines is 1. The van der Waals surface area contributed by atoms with Crippen LogP contribution in [-0.2, 0) is 4.74 Å². The third kappa shape index (κ3) is 3.07. The Morgan fingerprint density at radius 2 is 1.82 bits per heavy atom. The van der Waals surface area contributed by atoms with Gasteiger partial charge in [0, 0.05) is 15.9 Å². The molecule has 1 aromatic heterocycles. The maximum atomic E-state index is 11.7. The van der Waals surface area contributed by atoms with Gasteiger partial charge >= 0.3 is 5.97 Å². The molecule has 5 heteroatoms. The fourth-order valence-electron chi connectivity index (χ4n) is 2.13. The van der Waals surface area contributed by atoms with Gasteiger partial charge in [-0.25, -0.2) is 4.79 Å². The Labute approximate surface area is 132 Å². The number of ether oxygens (including phenoxy) is 2. The molecule has 0 spiro atoms. The summed E-state index contributed by atoms with van der Waals surface area (Å²) in [7, 11) is 0. The van der Waals surface area contributed by atoms with Crippen molar-refractivity contribution in [3.63, 3.8) is 0 Å². The molecular formula is C17H14ClNO3. The smallest absolute Gasteiger partial charge is 0.354 e. The number of hydrogen-bond donors (Lipinski definition) is 1. The van der Waals surface area contributed by atoms with Crippen LogP contribution in [0.5, 0.6) is 11.5 Å². The number of benzene rings is 2. The Hall–Kier alpha value is -2.46. The van der Waals surface area contributed by atoms with E-state index in [0.717, 1.165) is 10.9 Å². The van der Waals surface area contributed by atoms with Crippen LogP contribution in [-0.4, -0.2) is 17.6 Å². The van der Waals surface area contributed by atoms with Gasteiger partial charge in [0.15, 0.2) is 0 Å². The number of halogens is 1. The third-order valence-electron chi connectivity index (χ3n) is 3.14. The average molecular weight is 316 g/mol. The van der Waals surface area contributed by atoms with Gasteiger partial charge in [-0.1, -0.05) is 11.6 Å². The van der Waals surface area contributed by atoms with Gasteiger partial charge in [-0.15, -0.1) is 0 Å². The van der Waals surface area contributed by atoms with Crippen molar-refractivity contribution in [3.05, 3.63) is 59.2 Å². The van der Waals surface area contributed by atoms with Crippen molar-refractivity contribution in [1.82, 2.24) is 4.98 Å². The first-order valence-corrected chi connectivity index (χ1v) is 7.27. The molecule has 1 heterocycles. The van der Waals surface area contributed by atoms with Gasteiger partial charge in [0.05, 0.1) is 6.61 Å². The number of carbonyl (C=O) groups is 1. The molecule has 0 saturated carbocycles. The van der Waals surface area contributed by atoms with Crippen LogP contribution in [0.4, 0.5) is 0 Å². The van der Waals surface area contributed by atoms with E-state index < -0.39 is 0 Å². The van der Waals surface area contributed by atoms with Crippen molar-refractivity contribution in [2.24, 2.45) is 0 Å². The summed E-state index contributed by atoms with van der Waals surface area (Å²) in [4.78, 5) is 14.8. The van der Waals surface area contributed by atoms with Gasteiger partial charge in [0.1, 0.15) is 17.2 Å². The number of rotatable bonds is 4. The first-order valence-electron chi connectivity index (χ1n) is 6.89. The first-order chi connectivity index (χ1) is 10.7.